The van der Waals surface area contributed by atoms with Gasteiger partial charge >= 0.3 is 5.69 Å². The lowest BCUT2D eigenvalue weighted by atomic mass is 10.5. The van der Waals surface area contributed by atoms with Crippen LogP contribution in [-0.2, 0) is 13.6 Å². The van der Waals surface area contributed by atoms with Crippen molar-refractivity contribution in [1.29, 1.82) is 0 Å². The summed E-state index contributed by atoms with van der Waals surface area (Å²) in [5.41, 5.74) is 1.75. The van der Waals surface area contributed by atoms with Crippen LogP contribution in [0, 0.1) is 0 Å². The first-order valence-electron chi connectivity index (χ1n) is 5.38. The maximum atomic E-state index is 11.7. The summed E-state index contributed by atoms with van der Waals surface area (Å²) in [4.78, 5) is 16.1. The number of imidazole rings is 2. The minimum absolute atomic E-state index is 0.0259. The van der Waals surface area contributed by atoms with E-state index < -0.39 is 0 Å². The van der Waals surface area contributed by atoms with E-state index in [1.807, 2.05) is 35.0 Å². The second-order valence-corrected chi connectivity index (χ2v) is 4.02. The van der Waals surface area contributed by atoms with Crippen molar-refractivity contribution in [3.63, 3.8) is 0 Å². The average molecular weight is 228 g/mol. The quantitative estimate of drug-likeness (QED) is 0.653. The van der Waals surface area contributed by atoms with Crippen LogP contribution in [0.15, 0.2) is 47.8 Å². The Labute approximate surface area is 97.6 Å². The summed E-state index contributed by atoms with van der Waals surface area (Å²) in [5, 5.41) is 0. The van der Waals surface area contributed by atoms with E-state index in [-0.39, 0.29) is 5.69 Å². The molecule has 17 heavy (non-hydrogen) atoms. The van der Waals surface area contributed by atoms with Crippen molar-refractivity contribution in [2.24, 2.45) is 7.05 Å². The molecule has 0 aliphatic rings. The van der Waals surface area contributed by atoms with Gasteiger partial charge in [0.2, 0.25) is 0 Å². The average Bonchev–Trinajstić information content (AvgIpc) is 2.87. The van der Waals surface area contributed by atoms with E-state index in [0.717, 1.165) is 11.3 Å². The van der Waals surface area contributed by atoms with Gasteiger partial charge in [-0.3, -0.25) is 4.57 Å². The molecule has 3 rings (SSSR count). The molecule has 0 aliphatic carbocycles. The molecule has 0 atom stereocenters. The highest BCUT2D eigenvalue weighted by Crippen LogP contribution is 2.05. The summed E-state index contributed by atoms with van der Waals surface area (Å²) in [6, 6.07) is 5.84. The lowest BCUT2D eigenvalue weighted by molar-refractivity contribution is 0.708. The fraction of sp³-hybridized carbons (Fsp3) is 0.167. The minimum Gasteiger partial charge on any atom is -0.307 e. The van der Waals surface area contributed by atoms with Gasteiger partial charge in [0.25, 0.3) is 0 Å². The number of rotatable bonds is 2. The Morgan fingerprint density at radius 2 is 2.12 bits per heavy atom. The lowest BCUT2D eigenvalue weighted by Gasteiger charge is -1.95. The molecule has 0 saturated carbocycles. The van der Waals surface area contributed by atoms with Gasteiger partial charge in [-0.25, -0.2) is 9.78 Å². The highest BCUT2D eigenvalue weighted by Gasteiger charge is 2.04. The molecule has 0 saturated heterocycles. The van der Waals surface area contributed by atoms with Crippen LogP contribution in [0.1, 0.15) is 5.69 Å². The third-order valence-electron chi connectivity index (χ3n) is 2.76. The Balaban J connectivity index is 2.00. The molecule has 0 radical (unpaired) electrons. The Morgan fingerprint density at radius 3 is 2.82 bits per heavy atom. The van der Waals surface area contributed by atoms with Gasteiger partial charge in [0.05, 0.1) is 12.2 Å². The van der Waals surface area contributed by atoms with Gasteiger partial charge in [0.15, 0.2) is 0 Å². The molecular weight excluding hydrogens is 216 g/mol. The summed E-state index contributed by atoms with van der Waals surface area (Å²) in [6.07, 6.45) is 7.40. The number of hydrogen-bond acceptors (Lipinski definition) is 2. The van der Waals surface area contributed by atoms with Crippen LogP contribution in [0.2, 0.25) is 0 Å². The van der Waals surface area contributed by atoms with Crippen LogP contribution >= 0.6 is 0 Å². The molecule has 3 aromatic heterocycles. The first-order valence-corrected chi connectivity index (χ1v) is 5.38. The molecule has 0 amide bonds. The van der Waals surface area contributed by atoms with E-state index >= 15 is 0 Å². The Kier molecular flexibility index (Phi) is 2.11. The molecule has 0 aliphatic heterocycles. The highest BCUT2D eigenvalue weighted by molar-refractivity contribution is 5.39. The van der Waals surface area contributed by atoms with Crippen LogP contribution in [0.5, 0.6) is 0 Å². The first-order chi connectivity index (χ1) is 8.24. The Bertz CT molecular complexity index is 686. The number of nitrogens with zero attached hydrogens (tertiary/aromatic N) is 4. The van der Waals surface area contributed by atoms with Gasteiger partial charge in [-0.2, -0.15) is 0 Å². The van der Waals surface area contributed by atoms with E-state index in [0.29, 0.717) is 6.54 Å². The fourth-order valence-electron chi connectivity index (χ4n) is 1.87. The molecule has 0 N–H and O–H groups in total. The zero-order chi connectivity index (χ0) is 11.8. The van der Waals surface area contributed by atoms with Gasteiger partial charge in [-0.1, -0.05) is 6.07 Å². The molecule has 0 unspecified atom stereocenters. The van der Waals surface area contributed by atoms with Crippen molar-refractivity contribution in [3.05, 3.63) is 59.2 Å². The lowest BCUT2D eigenvalue weighted by Crippen LogP contribution is -2.22. The van der Waals surface area contributed by atoms with Crippen molar-refractivity contribution in [3.8, 4) is 0 Å². The normalized spacial score (nSPS) is 11.1. The van der Waals surface area contributed by atoms with Crippen molar-refractivity contribution in [1.82, 2.24) is 18.5 Å². The summed E-state index contributed by atoms with van der Waals surface area (Å²) in [6.45, 7) is 0.501. The number of pyridine rings is 1. The molecule has 5 nitrogen and oxygen atoms in total. The number of aromatic nitrogens is 4. The molecule has 0 spiro atoms. The largest absolute Gasteiger partial charge is 0.328 e. The van der Waals surface area contributed by atoms with Crippen LogP contribution < -0.4 is 5.69 Å². The number of aryl methyl sites for hydroxylation is 1. The third-order valence-corrected chi connectivity index (χ3v) is 2.76. The molecule has 3 heterocycles. The maximum absolute atomic E-state index is 11.7. The van der Waals surface area contributed by atoms with Crippen LogP contribution in [-0.4, -0.2) is 18.5 Å². The van der Waals surface area contributed by atoms with Crippen molar-refractivity contribution in [2.45, 2.75) is 6.54 Å². The summed E-state index contributed by atoms with van der Waals surface area (Å²) in [5.74, 6) is 0. The monoisotopic (exact) mass is 228 g/mol. The molecule has 3 aromatic rings. The summed E-state index contributed by atoms with van der Waals surface area (Å²) < 4.78 is 5.14. The highest BCUT2D eigenvalue weighted by atomic mass is 16.1. The number of hydrogen-bond donors (Lipinski definition) is 0. The van der Waals surface area contributed by atoms with Crippen LogP contribution in [0.25, 0.3) is 5.65 Å². The smallest absolute Gasteiger partial charge is 0.307 e. The molecule has 0 aromatic carbocycles. The fourth-order valence-corrected chi connectivity index (χ4v) is 1.87. The standard InChI is InChI=1S/C12H12N4O/c1-14-6-7-16(12(14)17)9-10-8-15-5-3-2-4-11(15)13-10/h2-8H,9H2,1H3. The minimum atomic E-state index is -0.0259. The van der Waals surface area contributed by atoms with Crippen molar-refractivity contribution in [2.75, 3.05) is 0 Å². The topological polar surface area (TPSA) is 44.2 Å². The summed E-state index contributed by atoms with van der Waals surface area (Å²) >= 11 is 0. The Hall–Kier alpha value is -2.30. The Morgan fingerprint density at radius 1 is 1.24 bits per heavy atom. The van der Waals surface area contributed by atoms with E-state index in [9.17, 15) is 4.79 Å². The van der Waals surface area contributed by atoms with Gasteiger partial charge in [0.1, 0.15) is 5.65 Å². The second kappa shape index (κ2) is 3.62. The zero-order valence-corrected chi connectivity index (χ0v) is 9.45. The van der Waals surface area contributed by atoms with Crippen LogP contribution in [0.4, 0.5) is 0 Å². The molecule has 0 fully saturated rings. The van der Waals surface area contributed by atoms with E-state index in [4.69, 9.17) is 0 Å². The SMILES string of the molecule is Cn1ccn(Cc2cn3ccccc3n2)c1=O. The van der Waals surface area contributed by atoms with E-state index in [2.05, 4.69) is 4.98 Å². The molecular formula is C12H12N4O. The zero-order valence-electron chi connectivity index (χ0n) is 9.45. The number of fused-ring (bicyclic) bond motifs is 1. The van der Waals surface area contributed by atoms with E-state index in [1.165, 1.54) is 0 Å². The van der Waals surface area contributed by atoms with Crippen LogP contribution in [0.3, 0.4) is 0 Å². The van der Waals surface area contributed by atoms with Gasteiger partial charge in [0, 0.05) is 31.8 Å². The van der Waals surface area contributed by atoms with Gasteiger partial charge in [-0.15, -0.1) is 0 Å². The van der Waals surface area contributed by atoms with Gasteiger partial charge < -0.3 is 8.97 Å². The predicted octanol–water partition coefficient (Wildman–Crippen LogP) is 0.883. The molecule has 0 bridgehead atoms. The van der Waals surface area contributed by atoms with E-state index in [1.54, 1.807) is 28.6 Å². The second-order valence-electron chi connectivity index (χ2n) is 4.02. The maximum Gasteiger partial charge on any atom is 0.328 e. The predicted molar refractivity (Wildman–Crippen MR) is 64.0 cm³/mol. The third kappa shape index (κ3) is 1.65. The van der Waals surface area contributed by atoms with Crippen molar-refractivity contribution < 1.29 is 0 Å². The first kappa shape index (κ1) is 9.89. The molecule has 86 valence electrons. The van der Waals surface area contributed by atoms with Crippen molar-refractivity contribution >= 4 is 5.65 Å². The van der Waals surface area contributed by atoms with Gasteiger partial charge in [-0.05, 0) is 12.1 Å². The summed E-state index contributed by atoms with van der Waals surface area (Å²) in [7, 11) is 1.74. The molecule has 5 heteroatoms.